The maximum Gasteiger partial charge on any atom is 0.328 e. The lowest BCUT2D eigenvalue weighted by atomic mass is 10.1. The van der Waals surface area contributed by atoms with Crippen LogP contribution < -0.4 is 21.7 Å². The van der Waals surface area contributed by atoms with Gasteiger partial charge in [-0.2, -0.15) is 11.8 Å². The molecule has 0 radical (unpaired) electrons. The van der Waals surface area contributed by atoms with E-state index >= 15 is 0 Å². The molecule has 0 aliphatic heterocycles. The standard InChI is InChI=1S/C14H26N4O6S/c1-7(12(21)18-11(8(2)19)14(23)24)16-13(22)9(4-5-25-3)17-10(20)6-15/h7-9,11,19H,4-6,15H2,1-3H3,(H,16,22)(H,17,20)(H,18,21)(H,23,24). The van der Waals surface area contributed by atoms with Gasteiger partial charge in [0, 0.05) is 0 Å². The summed E-state index contributed by atoms with van der Waals surface area (Å²) in [5.41, 5.74) is 5.22. The number of aliphatic hydroxyl groups is 1. The van der Waals surface area contributed by atoms with Gasteiger partial charge in [-0.3, -0.25) is 14.4 Å². The van der Waals surface area contributed by atoms with E-state index in [2.05, 4.69) is 16.0 Å². The van der Waals surface area contributed by atoms with Gasteiger partial charge in [0.05, 0.1) is 12.6 Å². The molecular weight excluding hydrogens is 352 g/mol. The molecule has 0 aromatic carbocycles. The number of rotatable bonds is 11. The molecule has 0 aliphatic carbocycles. The Morgan fingerprint density at radius 3 is 2.12 bits per heavy atom. The fraction of sp³-hybridized carbons (Fsp3) is 0.714. The first kappa shape index (κ1) is 23.1. The topological polar surface area (TPSA) is 171 Å². The summed E-state index contributed by atoms with van der Waals surface area (Å²) in [4.78, 5) is 46.6. The second-order valence-electron chi connectivity index (χ2n) is 5.40. The van der Waals surface area contributed by atoms with Crippen LogP contribution in [0.15, 0.2) is 0 Å². The number of carbonyl (C=O) groups is 4. The molecule has 11 heteroatoms. The minimum absolute atomic E-state index is 0.270. The largest absolute Gasteiger partial charge is 0.480 e. The molecule has 0 saturated carbocycles. The molecule has 0 rings (SSSR count). The van der Waals surface area contributed by atoms with E-state index in [0.29, 0.717) is 12.2 Å². The normalized spacial score (nSPS) is 15.4. The Morgan fingerprint density at radius 2 is 1.68 bits per heavy atom. The predicted molar refractivity (Wildman–Crippen MR) is 92.8 cm³/mol. The van der Waals surface area contributed by atoms with Crippen molar-refractivity contribution < 1.29 is 29.4 Å². The Labute approximate surface area is 150 Å². The summed E-state index contributed by atoms with van der Waals surface area (Å²) in [6.07, 6.45) is 0.888. The fourth-order valence-corrected chi connectivity index (χ4v) is 2.28. The summed E-state index contributed by atoms with van der Waals surface area (Å²) in [5, 5.41) is 25.3. The lowest BCUT2D eigenvalue weighted by Crippen LogP contribution is -2.56. The zero-order chi connectivity index (χ0) is 19.6. The number of carboxylic acids is 1. The lowest BCUT2D eigenvalue weighted by molar-refractivity contribution is -0.145. The van der Waals surface area contributed by atoms with E-state index in [1.54, 1.807) is 0 Å². The highest BCUT2D eigenvalue weighted by atomic mass is 32.2. The average molecular weight is 378 g/mol. The number of nitrogens with one attached hydrogen (secondary N) is 3. The smallest absolute Gasteiger partial charge is 0.328 e. The maximum atomic E-state index is 12.2. The van der Waals surface area contributed by atoms with Gasteiger partial charge in [0.1, 0.15) is 12.1 Å². The predicted octanol–water partition coefficient (Wildman–Crippen LogP) is -2.36. The van der Waals surface area contributed by atoms with E-state index in [1.807, 2.05) is 6.26 Å². The Kier molecular flexibility index (Phi) is 10.8. The first-order valence-electron chi connectivity index (χ1n) is 7.64. The molecule has 25 heavy (non-hydrogen) atoms. The fourth-order valence-electron chi connectivity index (χ4n) is 1.80. The van der Waals surface area contributed by atoms with Crippen LogP contribution in [0.5, 0.6) is 0 Å². The van der Waals surface area contributed by atoms with E-state index in [9.17, 15) is 24.3 Å². The van der Waals surface area contributed by atoms with Gasteiger partial charge < -0.3 is 31.9 Å². The molecule has 4 unspecified atom stereocenters. The van der Waals surface area contributed by atoms with Crippen molar-refractivity contribution in [2.24, 2.45) is 5.73 Å². The maximum absolute atomic E-state index is 12.2. The van der Waals surface area contributed by atoms with Crippen LogP contribution in [0.25, 0.3) is 0 Å². The van der Waals surface area contributed by atoms with Crippen molar-refractivity contribution in [2.75, 3.05) is 18.6 Å². The van der Waals surface area contributed by atoms with Crippen LogP contribution in [0.4, 0.5) is 0 Å². The first-order valence-corrected chi connectivity index (χ1v) is 9.03. The average Bonchev–Trinajstić information content (AvgIpc) is 2.54. The number of hydrogen-bond acceptors (Lipinski definition) is 7. The molecule has 7 N–H and O–H groups in total. The van der Waals surface area contributed by atoms with E-state index in [4.69, 9.17) is 10.8 Å². The molecule has 10 nitrogen and oxygen atoms in total. The van der Waals surface area contributed by atoms with Crippen molar-refractivity contribution >= 4 is 35.5 Å². The van der Waals surface area contributed by atoms with E-state index in [1.165, 1.54) is 25.6 Å². The van der Waals surface area contributed by atoms with Gasteiger partial charge in [0.15, 0.2) is 6.04 Å². The molecule has 0 fully saturated rings. The lowest BCUT2D eigenvalue weighted by Gasteiger charge is -2.23. The number of carbonyl (C=O) groups excluding carboxylic acids is 3. The van der Waals surface area contributed by atoms with Crippen molar-refractivity contribution in [1.29, 1.82) is 0 Å². The molecule has 4 atom stereocenters. The van der Waals surface area contributed by atoms with Crippen molar-refractivity contribution in [1.82, 2.24) is 16.0 Å². The number of amides is 3. The zero-order valence-corrected chi connectivity index (χ0v) is 15.3. The van der Waals surface area contributed by atoms with Crippen molar-refractivity contribution in [3.63, 3.8) is 0 Å². The Bertz CT molecular complexity index is 488. The van der Waals surface area contributed by atoms with Gasteiger partial charge in [-0.1, -0.05) is 0 Å². The van der Waals surface area contributed by atoms with Crippen molar-refractivity contribution in [3.8, 4) is 0 Å². The summed E-state index contributed by atoms with van der Waals surface area (Å²) >= 11 is 1.49. The van der Waals surface area contributed by atoms with Gasteiger partial charge in [0.2, 0.25) is 17.7 Å². The summed E-state index contributed by atoms with van der Waals surface area (Å²) in [7, 11) is 0. The van der Waals surface area contributed by atoms with Crippen molar-refractivity contribution in [3.05, 3.63) is 0 Å². The third-order valence-electron chi connectivity index (χ3n) is 3.25. The van der Waals surface area contributed by atoms with Crippen LogP contribution in [0.2, 0.25) is 0 Å². The van der Waals surface area contributed by atoms with Gasteiger partial charge >= 0.3 is 5.97 Å². The van der Waals surface area contributed by atoms with E-state index in [0.717, 1.165) is 0 Å². The molecular formula is C14H26N4O6S. The van der Waals surface area contributed by atoms with E-state index < -0.39 is 47.9 Å². The highest BCUT2D eigenvalue weighted by Gasteiger charge is 2.29. The second kappa shape index (κ2) is 11.7. The molecule has 0 saturated heterocycles. The quantitative estimate of drug-likeness (QED) is 0.232. The number of carboxylic acid groups (broad SMARTS) is 1. The number of hydrogen-bond donors (Lipinski definition) is 6. The van der Waals surface area contributed by atoms with Gasteiger partial charge in [-0.05, 0) is 32.3 Å². The summed E-state index contributed by atoms with van der Waals surface area (Å²) in [5.74, 6) is -2.64. The highest BCUT2D eigenvalue weighted by Crippen LogP contribution is 2.02. The molecule has 0 spiro atoms. The third-order valence-corrected chi connectivity index (χ3v) is 3.89. The molecule has 144 valence electrons. The SMILES string of the molecule is CSCCC(NC(=O)CN)C(=O)NC(C)C(=O)NC(C(=O)O)C(C)O. The van der Waals surface area contributed by atoms with Crippen LogP contribution in [-0.4, -0.2) is 76.7 Å². The molecule has 3 amide bonds. The van der Waals surface area contributed by atoms with Gasteiger partial charge in [-0.15, -0.1) is 0 Å². The Hall–Kier alpha value is -1.85. The number of aliphatic carboxylic acids is 1. The van der Waals surface area contributed by atoms with E-state index in [-0.39, 0.29) is 6.54 Å². The highest BCUT2D eigenvalue weighted by molar-refractivity contribution is 7.98. The van der Waals surface area contributed by atoms with Gasteiger partial charge in [0.25, 0.3) is 0 Å². The minimum atomic E-state index is -1.49. The summed E-state index contributed by atoms with van der Waals surface area (Å²) in [6.45, 7) is 2.32. The molecule has 0 aromatic rings. The molecule has 0 aliphatic rings. The minimum Gasteiger partial charge on any atom is -0.480 e. The van der Waals surface area contributed by atoms with Crippen LogP contribution in [-0.2, 0) is 19.2 Å². The zero-order valence-electron chi connectivity index (χ0n) is 14.4. The van der Waals surface area contributed by atoms with Gasteiger partial charge in [-0.25, -0.2) is 4.79 Å². The van der Waals surface area contributed by atoms with Crippen LogP contribution in [0.3, 0.4) is 0 Å². The van der Waals surface area contributed by atoms with Crippen LogP contribution in [0.1, 0.15) is 20.3 Å². The van der Waals surface area contributed by atoms with Crippen molar-refractivity contribution in [2.45, 2.75) is 44.5 Å². The van der Waals surface area contributed by atoms with Crippen LogP contribution in [0, 0.1) is 0 Å². The number of aliphatic hydroxyl groups excluding tert-OH is 1. The Morgan fingerprint density at radius 1 is 1.08 bits per heavy atom. The summed E-state index contributed by atoms with van der Waals surface area (Å²) in [6, 6.07) is -3.40. The van der Waals surface area contributed by atoms with Crippen LogP contribution >= 0.6 is 11.8 Å². The first-order chi connectivity index (χ1) is 11.6. The monoisotopic (exact) mass is 378 g/mol. The molecule has 0 bridgehead atoms. The molecule has 0 aromatic heterocycles. The second-order valence-corrected chi connectivity index (χ2v) is 6.39. The number of nitrogens with two attached hydrogens (primary N) is 1. The summed E-state index contributed by atoms with van der Waals surface area (Å²) < 4.78 is 0. The molecule has 0 heterocycles. The Balaban J connectivity index is 4.82. The third kappa shape index (κ3) is 8.70. The number of thioether (sulfide) groups is 1.